The summed E-state index contributed by atoms with van der Waals surface area (Å²) in [6.07, 6.45) is 1.19. The normalized spacial score (nSPS) is 10.1. The summed E-state index contributed by atoms with van der Waals surface area (Å²) < 4.78 is 0.446. The van der Waals surface area contributed by atoms with Crippen LogP contribution in [0.25, 0.3) is 11.1 Å². The number of nitrogens with zero attached hydrogens (tertiary/aromatic N) is 1. The average Bonchev–Trinajstić information content (AvgIpc) is 2.25. The summed E-state index contributed by atoms with van der Waals surface area (Å²) in [5.74, 6) is -0.142. The van der Waals surface area contributed by atoms with Gasteiger partial charge in [-0.2, -0.15) is 4.73 Å². The summed E-state index contributed by atoms with van der Waals surface area (Å²) in [6.45, 7) is 0. The van der Waals surface area contributed by atoms with E-state index in [0.717, 1.165) is 11.6 Å². The van der Waals surface area contributed by atoms with Crippen molar-refractivity contribution in [3.05, 3.63) is 52.9 Å². The number of rotatable bonds is 1. The second kappa shape index (κ2) is 3.49. The van der Waals surface area contributed by atoms with Crippen LogP contribution in [-0.4, -0.2) is 15.0 Å². The van der Waals surface area contributed by atoms with Crippen molar-refractivity contribution in [2.45, 2.75) is 0 Å². The molecule has 1 aromatic carbocycles. The van der Waals surface area contributed by atoms with Crippen LogP contribution in [0.2, 0.25) is 0 Å². The fourth-order valence-electron chi connectivity index (χ4n) is 1.35. The molecule has 2 rings (SSSR count). The Kier molecular flexibility index (Phi) is 2.17. The summed E-state index contributed by atoms with van der Waals surface area (Å²) in [4.78, 5) is 11.0. The minimum Gasteiger partial charge on any atom is -0.507 e. The van der Waals surface area contributed by atoms with Crippen molar-refractivity contribution in [2.75, 3.05) is 0 Å². The Morgan fingerprint density at radius 3 is 2.47 bits per heavy atom. The van der Waals surface area contributed by atoms with Crippen molar-refractivity contribution in [1.29, 1.82) is 0 Å². The van der Waals surface area contributed by atoms with Crippen molar-refractivity contribution in [3.8, 4) is 16.9 Å². The highest BCUT2D eigenvalue weighted by Gasteiger charge is 2.06. The molecule has 0 saturated heterocycles. The molecule has 0 spiro atoms. The molecule has 0 atom stereocenters. The first-order valence-electron chi connectivity index (χ1n) is 4.39. The lowest BCUT2D eigenvalue weighted by molar-refractivity contribution is 0.174. The van der Waals surface area contributed by atoms with Gasteiger partial charge in [0.25, 0.3) is 5.56 Å². The number of hydrogen-bond acceptors (Lipinski definition) is 3. The Bertz CT molecular complexity index is 531. The van der Waals surface area contributed by atoms with Crippen LogP contribution >= 0.6 is 0 Å². The van der Waals surface area contributed by atoms with Gasteiger partial charge in [-0.3, -0.25) is 4.79 Å². The third kappa shape index (κ3) is 1.69. The van der Waals surface area contributed by atoms with Crippen LogP contribution < -0.4 is 5.56 Å². The summed E-state index contributed by atoms with van der Waals surface area (Å²) in [5.41, 5.74) is 0.489. The summed E-state index contributed by atoms with van der Waals surface area (Å²) in [7, 11) is 0. The largest absolute Gasteiger partial charge is 0.507 e. The number of pyridine rings is 1. The Morgan fingerprint density at radius 2 is 1.80 bits per heavy atom. The number of aromatic hydroxyl groups is 1. The van der Waals surface area contributed by atoms with Crippen molar-refractivity contribution in [3.63, 3.8) is 0 Å². The topological polar surface area (TPSA) is 62.5 Å². The second-order valence-electron chi connectivity index (χ2n) is 3.12. The zero-order chi connectivity index (χ0) is 10.8. The maximum absolute atomic E-state index is 11.0. The minimum atomic E-state index is -0.660. The molecule has 0 radical (unpaired) electrons. The highest BCUT2D eigenvalue weighted by atomic mass is 16.5. The summed E-state index contributed by atoms with van der Waals surface area (Å²) in [5, 5.41) is 18.7. The lowest BCUT2D eigenvalue weighted by Gasteiger charge is -2.05. The molecule has 2 aromatic rings. The van der Waals surface area contributed by atoms with E-state index in [9.17, 15) is 15.1 Å². The Labute approximate surface area is 85.6 Å². The van der Waals surface area contributed by atoms with E-state index in [2.05, 4.69) is 0 Å². The van der Waals surface area contributed by atoms with E-state index in [0.29, 0.717) is 10.3 Å². The lowest BCUT2D eigenvalue weighted by atomic mass is 10.1. The van der Waals surface area contributed by atoms with Gasteiger partial charge in [-0.1, -0.05) is 30.3 Å². The van der Waals surface area contributed by atoms with Crippen molar-refractivity contribution < 1.29 is 10.3 Å². The van der Waals surface area contributed by atoms with Crippen LogP contribution in [-0.2, 0) is 0 Å². The minimum absolute atomic E-state index is 0.142. The van der Waals surface area contributed by atoms with Crippen molar-refractivity contribution >= 4 is 0 Å². The molecule has 0 aliphatic carbocycles. The van der Waals surface area contributed by atoms with E-state index in [4.69, 9.17) is 0 Å². The smallest absolute Gasteiger partial charge is 0.286 e. The Morgan fingerprint density at radius 1 is 1.13 bits per heavy atom. The van der Waals surface area contributed by atoms with E-state index in [1.807, 2.05) is 18.2 Å². The van der Waals surface area contributed by atoms with Crippen LogP contribution in [0.1, 0.15) is 0 Å². The fourth-order valence-corrected chi connectivity index (χ4v) is 1.35. The number of hydrogen-bond donors (Lipinski definition) is 2. The third-order valence-electron chi connectivity index (χ3n) is 2.10. The molecule has 76 valence electrons. The predicted octanol–water partition coefficient (Wildman–Crippen LogP) is 1.46. The standard InChI is InChI=1S/C11H9NO3/c13-10-6-11(14)12(15)7-9(10)8-4-2-1-3-5-8/h1-7,13,15H. The first kappa shape index (κ1) is 9.33. The molecule has 4 nitrogen and oxygen atoms in total. The molecule has 1 heterocycles. The molecule has 2 N–H and O–H groups in total. The maximum Gasteiger partial charge on any atom is 0.286 e. The van der Waals surface area contributed by atoms with Crippen LogP contribution in [0, 0.1) is 0 Å². The molecular weight excluding hydrogens is 194 g/mol. The van der Waals surface area contributed by atoms with E-state index < -0.39 is 5.56 Å². The molecule has 0 unspecified atom stereocenters. The zero-order valence-electron chi connectivity index (χ0n) is 7.79. The molecule has 1 aromatic heterocycles. The van der Waals surface area contributed by atoms with Crippen LogP contribution in [0.15, 0.2) is 47.4 Å². The molecule has 0 aliphatic rings. The van der Waals surface area contributed by atoms with E-state index in [1.54, 1.807) is 12.1 Å². The number of aromatic nitrogens is 1. The Hall–Kier alpha value is -2.23. The quantitative estimate of drug-likeness (QED) is 0.689. The van der Waals surface area contributed by atoms with Gasteiger partial charge in [0.05, 0.1) is 6.20 Å². The van der Waals surface area contributed by atoms with Crippen LogP contribution in [0.4, 0.5) is 0 Å². The Balaban J connectivity index is 2.64. The molecule has 0 aliphatic heterocycles. The molecule has 0 amide bonds. The molecule has 0 fully saturated rings. The van der Waals surface area contributed by atoms with E-state index in [-0.39, 0.29) is 5.75 Å². The van der Waals surface area contributed by atoms with E-state index in [1.165, 1.54) is 6.20 Å². The van der Waals surface area contributed by atoms with Gasteiger partial charge in [-0.25, -0.2) is 0 Å². The van der Waals surface area contributed by atoms with Gasteiger partial charge in [0.2, 0.25) is 0 Å². The maximum atomic E-state index is 11.0. The van der Waals surface area contributed by atoms with E-state index >= 15 is 0 Å². The van der Waals surface area contributed by atoms with Gasteiger partial charge in [0.15, 0.2) is 0 Å². The van der Waals surface area contributed by atoms with Gasteiger partial charge in [0, 0.05) is 11.6 Å². The van der Waals surface area contributed by atoms with Gasteiger partial charge in [0.1, 0.15) is 5.75 Å². The zero-order valence-corrected chi connectivity index (χ0v) is 7.79. The van der Waals surface area contributed by atoms with Gasteiger partial charge < -0.3 is 10.3 Å². The summed E-state index contributed by atoms with van der Waals surface area (Å²) in [6, 6.07) is 9.99. The fraction of sp³-hybridized carbons (Fsp3) is 0. The van der Waals surface area contributed by atoms with Gasteiger partial charge >= 0.3 is 0 Å². The van der Waals surface area contributed by atoms with Crippen LogP contribution in [0.5, 0.6) is 5.75 Å². The van der Waals surface area contributed by atoms with Crippen LogP contribution in [0.3, 0.4) is 0 Å². The predicted molar refractivity (Wildman–Crippen MR) is 55.0 cm³/mol. The molecule has 0 bridgehead atoms. The molecular formula is C11H9NO3. The lowest BCUT2D eigenvalue weighted by Crippen LogP contribution is -2.15. The first-order valence-corrected chi connectivity index (χ1v) is 4.39. The SMILES string of the molecule is O=c1cc(O)c(-c2ccccc2)cn1O. The highest BCUT2D eigenvalue weighted by Crippen LogP contribution is 2.26. The average molecular weight is 203 g/mol. The highest BCUT2D eigenvalue weighted by molar-refractivity contribution is 5.68. The van der Waals surface area contributed by atoms with Gasteiger partial charge in [-0.05, 0) is 5.56 Å². The van der Waals surface area contributed by atoms with Crippen molar-refractivity contribution in [1.82, 2.24) is 4.73 Å². The van der Waals surface area contributed by atoms with Gasteiger partial charge in [-0.15, -0.1) is 0 Å². The molecule has 4 heteroatoms. The first-order chi connectivity index (χ1) is 7.18. The summed E-state index contributed by atoms with van der Waals surface area (Å²) >= 11 is 0. The monoisotopic (exact) mass is 203 g/mol. The second-order valence-corrected chi connectivity index (χ2v) is 3.12. The molecule has 0 saturated carbocycles. The number of benzene rings is 1. The molecule has 15 heavy (non-hydrogen) atoms. The third-order valence-corrected chi connectivity index (χ3v) is 2.10. The van der Waals surface area contributed by atoms with Crippen molar-refractivity contribution in [2.24, 2.45) is 0 Å².